The molecule has 0 unspecified atom stereocenters. The maximum Gasteiger partial charge on any atom is 0.272 e. The molecule has 2 aromatic rings. The molecule has 4 heterocycles. The molecule has 2 aliphatic heterocycles. The summed E-state index contributed by atoms with van der Waals surface area (Å²) in [5.41, 5.74) is 1.90. The van der Waals surface area contributed by atoms with Gasteiger partial charge in [-0.05, 0) is 32.3 Å². The van der Waals surface area contributed by atoms with Crippen molar-refractivity contribution in [2.75, 3.05) is 19.6 Å². The van der Waals surface area contributed by atoms with Gasteiger partial charge in [0.05, 0.1) is 17.8 Å². The van der Waals surface area contributed by atoms with Gasteiger partial charge in [0.2, 0.25) is 5.91 Å². The largest absolute Gasteiger partial charge is 0.338 e. The van der Waals surface area contributed by atoms with E-state index in [0.717, 1.165) is 25.0 Å². The van der Waals surface area contributed by atoms with Crippen molar-refractivity contribution in [3.63, 3.8) is 0 Å². The van der Waals surface area contributed by atoms with Crippen LogP contribution in [0.3, 0.4) is 0 Å². The summed E-state index contributed by atoms with van der Waals surface area (Å²) >= 11 is 0. The van der Waals surface area contributed by atoms with Gasteiger partial charge in [0.15, 0.2) is 0 Å². The Labute approximate surface area is 181 Å². The van der Waals surface area contributed by atoms with Gasteiger partial charge in [0.1, 0.15) is 11.5 Å². The number of amides is 2. The van der Waals surface area contributed by atoms with Gasteiger partial charge in [-0.25, -0.2) is 4.98 Å². The van der Waals surface area contributed by atoms with Crippen LogP contribution in [0, 0.1) is 0 Å². The number of nitrogens with one attached hydrogen (secondary N) is 1. The smallest absolute Gasteiger partial charge is 0.272 e. The van der Waals surface area contributed by atoms with Crippen molar-refractivity contribution in [2.24, 2.45) is 0 Å². The highest BCUT2D eigenvalue weighted by atomic mass is 16.2. The first-order valence-corrected chi connectivity index (χ1v) is 11.2. The lowest BCUT2D eigenvalue weighted by atomic mass is 9.95. The van der Waals surface area contributed by atoms with Gasteiger partial charge in [0, 0.05) is 51.1 Å². The Morgan fingerprint density at radius 1 is 1.16 bits per heavy atom. The number of aryl methyl sites for hydroxylation is 1. The number of hydrogen-bond acceptors (Lipinski definition) is 5. The molecule has 1 fully saturated rings. The third-order valence-corrected chi connectivity index (χ3v) is 6.31. The number of aromatic nitrogens is 4. The maximum absolute atomic E-state index is 12.8. The van der Waals surface area contributed by atoms with Crippen molar-refractivity contribution in [1.29, 1.82) is 0 Å². The van der Waals surface area contributed by atoms with Crippen LogP contribution in [0.5, 0.6) is 0 Å². The first kappa shape index (κ1) is 21.3. The lowest BCUT2D eigenvalue weighted by Gasteiger charge is -2.32. The van der Waals surface area contributed by atoms with E-state index >= 15 is 0 Å². The van der Waals surface area contributed by atoms with E-state index in [0.29, 0.717) is 62.6 Å². The standard InChI is InChI=1S/C22H30N6O3/c1-3-5-19(29)27-13-9-17-16(14-27)21(30)25-20(24-17)15-7-11-26(12-8-15)22(31)18-6-10-23-28(18)4-2/h6,10,15H,3-5,7-9,11-14H2,1-2H3,(H,24,25,30). The molecule has 166 valence electrons. The molecular formula is C22H30N6O3. The van der Waals surface area contributed by atoms with Crippen molar-refractivity contribution in [3.05, 3.63) is 45.4 Å². The van der Waals surface area contributed by atoms with Crippen LogP contribution < -0.4 is 5.56 Å². The Bertz CT molecular complexity index is 1020. The molecule has 1 saturated heterocycles. The number of hydrogen-bond donors (Lipinski definition) is 1. The monoisotopic (exact) mass is 426 g/mol. The molecule has 0 aromatic carbocycles. The average molecular weight is 427 g/mol. The van der Waals surface area contributed by atoms with Crippen LogP contribution in [0.25, 0.3) is 0 Å². The summed E-state index contributed by atoms with van der Waals surface area (Å²) in [6.07, 6.45) is 5.10. The minimum absolute atomic E-state index is 0.00142. The number of piperidine rings is 1. The van der Waals surface area contributed by atoms with E-state index in [-0.39, 0.29) is 23.3 Å². The first-order valence-electron chi connectivity index (χ1n) is 11.2. The predicted molar refractivity (Wildman–Crippen MR) is 115 cm³/mol. The highest BCUT2D eigenvalue weighted by Crippen LogP contribution is 2.27. The van der Waals surface area contributed by atoms with E-state index in [1.165, 1.54) is 0 Å². The molecule has 9 heteroatoms. The fourth-order valence-electron chi connectivity index (χ4n) is 4.51. The summed E-state index contributed by atoms with van der Waals surface area (Å²) in [6.45, 7) is 6.80. The molecule has 2 amide bonds. The topological polar surface area (TPSA) is 104 Å². The molecule has 2 aromatic heterocycles. The van der Waals surface area contributed by atoms with Crippen molar-refractivity contribution in [3.8, 4) is 0 Å². The number of likely N-dealkylation sites (tertiary alicyclic amines) is 1. The average Bonchev–Trinajstić information content (AvgIpc) is 3.27. The fraction of sp³-hybridized carbons (Fsp3) is 0.591. The van der Waals surface area contributed by atoms with Crippen molar-refractivity contribution in [2.45, 2.75) is 65.0 Å². The molecule has 0 bridgehead atoms. The fourth-order valence-corrected chi connectivity index (χ4v) is 4.51. The van der Waals surface area contributed by atoms with Crippen LogP contribution in [0.15, 0.2) is 17.1 Å². The number of rotatable bonds is 5. The Kier molecular flexibility index (Phi) is 6.20. The summed E-state index contributed by atoms with van der Waals surface area (Å²) in [7, 11) is 0. The number of fused-ring (bicyclic) bond motifs is 1. The number of carbonyl (C=O) groups is 2. The Hall–Kier alpha value is -2.97. The highest BCUT2D eigenvalue weighted by Gasteiger charge is 2.29. The Morgan fingerprint density at radius 3 is 2.65 bits per heavy atom. The molecule has 0 spiro atoms. The first-order chi connectivity index (χ1) is 15.0. The molecule has 2 aliphatic rings. The second-order valence-electron chi connectivity index (χ2n) is 8.29. The molecule has 0 aliphatic carbocycles. The third-order valence-electron chi connectivity index (χ3n) is 6.31. The Balaban J connectivity index is 1.43. The Morgan fingerprint density at radius 2 is 1.94 bits per heavy atom. The molecular weight excluding hydrogens is 396 g/mol. The van der Waals surface area contributed by atoms with Gasteiger partial charge in [-0.3, -0.25) is 19.1 Å². The van der Waals surface area contributed by atoms with E-state index in [2.05, 4.69) is 10.1 Å². The van der Waals surface area contributed by atoms with Gasteiger partial charge >= 0.3 is 0 Å². The van der Waals surface area contributed by atoms with Crippen LogP contribution in [0.4, 0.5) is 0 Å². The van der Waals surface area contributed by atoms with Gasteiger partial charge in [0.25, 0.3) is 11.5 Å². The number of carbonyl (C=O) groups excluding carboxylic acids is 2. The summed E-state index contributed by atoms with van der Waals surface area (Å²) in [5, 5.41) is 4.19. The van der Waals surface area contributed by atoms with E-state index in [9.17, 15) is 14.4 Å². The van der Waals surface area contributed by atoms with Gasteiger partial charge in [-0.1, -0.05) is 6.92 Å². The zero-order chi connectivity index (χ0) is 22.0. The van der Waals surface area contributed by atoms with Crippen LogP contribution in [-0.2, 0) is 24.3 Å². The molecule has 9 nitrogen and oxygen atoms in total. The minimum Gasteiger partial charge on any atom is -0.338 e. The number of aromatic amines is 1. The predicted octanol–water partition coefficient (Wildman–Crippen LogP) is 1.69. The summed E-state index contributed by atoms with van der Waals surface area (Å²) in [4.78, 5) is 49.1. The van der Waals surface area contributed by atoms with Crippen LogP contribution in [-0.4, -0.2) is 61.0 Å². The molecule has 31 heavy (non-hydrogen) atoms. The van der Waals surface area contributed by atoms with E-state index in [1.807, 2.05) is 18.7 Å². The molecule has 0 radical (unpaired) electrons. The van der Waals surface area contributed by atoms with Crippen LogP contribution in [0.2, 0.25) is 0 Å². The second kappa shape index (κ2) is 9.03. The zero-order valence-corrected chi connectivity index (χ0v) is 18.3. The van der Waals surface area contributed by atoms with E-state index in [4.69, 9.17) is 4.98 Å². The van der Waals surface area contributed by atoms with E-state index < -0.39 is 0 Å². The summed E-state index contributed by atoms with van der Waals surface area (Å²) in [6, 6.07) is 1.76. The maximum atomic E-state index is 12.8. The van der Waals surface area contributed by atoms with Gasteiger partial charge in [-0.15, -0.1) is 0 Å². The van der Waals surface area contributed by atoms with Crippen molar-refractivity contribution >= 4 is 11.8 Å². The molecule has 0 atom stereocenters. The second-order valence-corrected chi connectivity index (χ2v) is 8.29. The van der Waals surface area contributed by atoms with Crippen LogP contribution in [0.1, 0.15) is 73.0 Å². The summed E-state index contributed by atoms with van der Waals surface area (Å²) < 4.78 is 1.71. The van der Waals surface area contributed by atoms with Crippen molar-refractivity contribution in [1.82, 2.24) is 29.5 Å². The SMILES string of the molecule is CCCC(=O)N1CCc2nc(C3CCN(C(=O)c4ccnn4CC)CC3)[nH]c(=O)c2C1. The number of H-pyrrole nitrogens is 1. The zero-order valence-electron chi connectivity index (χ0n) is 18.3. The minimum atomic E-state index is -0.139. The number of nitrogens with zero attached hydrogens (tertiary/aromatic N) is 5. The normalized spacial score (nSPS) is 17.0. The quantitative estimate of drug-likeness (QED) is 0.784. The van der Waals surface area contributed by atoms with Crippen LogP contribution >= 0.6 is 0 Å². The van der Waals surface area contributed by atoms with E-state index in [1.54, 1.807) is 21.8 Å². The highest BCUT2D eigenvalue weighted by molar-refractivity contribution is 5.92. The van der Waals surface area contributed by atoms with Crippen molar-refractivity contribution < 1.29 is 9.59 Å². The lowest BCUT2D eigenvalue weighted by molar-refractivity contribution is -0.132. The third kappa shape index (κ3) is 4.26. The van der Waals surface area contributed by atoms with Gasteiger partial charge < -0.3 is 14.8 Å². The molecule has 0 saturated carbocycles. The summed E-state index contributed by atoms with van der Waals surface area (Å²) in [5.74, 6) is 0.931. The van der Waals surface area contributed by atoms with Gasteiger partial charge in [-0.2, -0.15) is 5.10 Å². The lowest BCUT2D eigenvalue weighted by Crippen LogP contribution is -2.41. The molecule has 1 N–H and O–H groups in total. The molecule has 4 rings (SSSR count).